The third-order valence-electron chi connectivity index (χ3n) is 5.19. The van der Waals surface area contributed by atoms with Crippen molar-refractivity contribution in [1.82, 2.24) is 4.98 Å². The summed E-state index contributed by atoms with van der Waals surface area (Å²) in [6.45, 7) is 0. The fourth-order valence-electron chi connectivity index (χ4n) is 3.50. The number of hydrogen-bond acceptors (Lipinski definition) is 3. The maximum atomic E-state index is 13.0. The average molecular weight is 459 g/mol. The van der Waals surface area contributed by atoms with Gasteiger partial charge in [-0.25, -0.2) is 0 Å². The van der Waals surface area contributed by atoms with Crippen LogP contribution in [-0.2, 0) is 11.0 Å². The lowest BCUT2D eigenvalue weighted by Gasteiger charge is -2.11. The molecule has 0 aliphatic rings. The number of nitrogens with one attached hydrogen (secondary N) is 1. The van der Waals surface area contributed by atoms with Crippen molar-refractivity contribution < 1.29 is 18.0 Å². The Morgan fingerprint density at radius 3 is 2.26 bits per heavy atom. The van der Waals surface area contributed by atoms with Gasteiger partial charge in [0.25, 0.3) is 0 Å². The molecule has 7 heteroatoms. The standard InChI is InChI=1S/C27H20F3N3O/c28-27(29,30)21-11-7-18(8-12-21)23(19-9-13-22(31)14-10-19)4-2-6-26(34)33-25-5-1-3-20-17-32-16-15-24(20)25/h1-17H,31H2,(H,33,34)/b6-2+,23-4-. The number of halogens is 3. The van der Waals surface area contributed by atoms with Crippen molar-refractivity contribution in [2.75, 3.05) is 11.1 Å². The molecule has 0 saturated heterocycles. The maximum absolute atomic E-state index is 13.0. The van der Waals surface area contributed by atoms with E-state index in [2.05, 4.69) is 10.3 Å². The van der Waals surface area contributed by atoms with Gasteiger partial charge in [0, 0.05) is 40.6 Å². The van der Waals surface area contributed by atoms with Gasteiger partial charge in [-0.15, -0.1) is 0 Å². The summed E-state index contributed by atoms with van der Waals surface area (Å²) in [5.74, 6) is -0.343. The Balaban J connectivity index is 1.61. The summed E-state index contributed by atoms with van der Waals surface area (Å²) in [6, 6.07) is 19.2. The van der Waals surface area contributed by atoms with Crippen molar-refractivity contribution in [3.05, 3.63) is 120 Å². The Kier molecular flexibility index (Phi) is 6.45. The van der Waals surface area contributed by atoms with E-state index in [4.69, 9.17) is 5.73 Å². The quantitative estimate of drug-likeness (QED) is 0.204. The number of nitrogens with zero attached hydrogens (tertiary/aromatic N) is 1. The van der Waals surface area contributed by atoms with Crippen molar-refractivity contribution in [2.45, 2.75) is 6.18 Å². The van der Waals surface area contributed by atoms with Crippen LogP contribution in [0.3, 0.4) is 0 Å². The van der Waals surface area contributed by atoms with E-state index in [9.17, 15) is 18.0 Å². The summed E-state index contributed by atoms with van der Waals surface area (Å²) >= 11 is 0. The molecule has 0 unspecified atom stereocenters. The number of carbonyl (C=O) groups is 1. The highest BCUT2D eigenvalue weighted by molar-refractivity contribution is 6.06. The number of hydrogen-bond donors (Lipinski definition) is 2. The highest BCUT2D eigenvalue weighted by Gasteiger charge is 2.30. The number of anilines is 2. The Bertz CT molecular complexity index is 1370. The van der Waals surface area contributed by atoms with Crippen molar-refractivity contribution in [3.8, 4) is 0 Å². The second kappa shape index (κ2) is 9.62. The van der Waals surface area contributed by atoms with Crippen LogP contribution < -0.4 is 11.1 Å². The monoisotopic (exact) mass is 459 g/mol. The summed E-state index contributed by atoms with van der Waals surface area (Å²) in [5.41, 5.74) is 8.23. The fraction of sp³-hybridized carbons (Fsp3) is 0.0370. The van der Waals surface area contributed by atoms with Gasteiger partial charge in [0.2, 0.25) is 5.91 Å². The number of amides is 1. The molecule has 3 N–H and O–H groups in total. The molecule has 0 spiro atoms. The molecule has 4 rings (SSSR count). The molecule has 0 atom stereocenters. The number of rotatable bonds is 5. The van der Waals surface area contributed by atoms with Gasteiger partial charge in [-0.3, -0.25) is 9.78 Å². The summed E-state index contributed by atoms with van der Waals surface area (Å²) < 4.78 is 38.9. The zero-order chi connectivity index (χ0) is 24.1. The number of benzene rings is 3. The number of carbonyl (C=O) groups excluding carboxylic acids is 1. The molecule has 1 heterocycles. The smallest absolute Gasteiger partial charge is 0.399 e. The minimum atomic E-state index is -4.42. The fourth-order valence-corrected chi connectivity index (χ4v) is 3.50. The number of alkyl halides is 3. The highest BCUT2D eigenvalue weighted by Crippen LogP contribution is 2.31. The Morgan fingerprint density at radius 1 is 0.912 bits per heavy atom. The van der Waals surface area contributed by atoms with Gasteiger partial charge in [-0.05, 0) is 53.1 Å². The summed E-state index contributed by atoms with van der Waals surface area (Å²) in [4.78, 5) is 16.6. The van der Waals surface area contributed by atoms with E-state index in [0.29, 0.717) is 22.5 Å². The molecule has 4 nitrogen and oxygen atoms in total. The lowest BCUT2D eigenvalue weighted by Crippen LogP contribution is -2.08. The molecule has 0 aliphatic carbocycles. The summed E-state index contributed by atoms with van der Waals surface area (Å²) in [5, 5.41) is 4.61. The maximum Gasteiger partial charge on any atom is 0.416 e. The van der Waals surface area contributed by atoms with Crippen LogP contribution in [0.4, 0.5) is 24.5 Å². The molecule has 0 bridgehead atoms. The van der Waals surface area contributed by atoms with Crippen molar-refractivity contribution in [1.29, 1.82) is 0 Å². The van der Waals surface area contributed by atoms with Gasteiger partial charge < -0.3 is 11.1 Å². The molecular weight excluding hydrogens is 439 g/mol. The zero-order valence-electron chi connectivity index (χ0n) is 17.9. The van der Waals surface area contributed by atoms with Crippen LogP contribution in [-0.4, -0.2) is 10.9 Å². The Labute approximate surface area is 194 Å². The van der Waals surface area contributed by atoms with Gasteiger partial charge >= 0.3 is 6.18 Å². The Morgan fingerprint density at radius 2 is 1.59 bits per heavy atom. The molecule has 170 valence electrons. The molecular formula is C27H20F3N3O. The first-order valence-corrected chi connectivity index (χ1v) is 10.4. The number of allylic oxidation sites excluding steroid dienone is 2. The molecule has 34 heavy (non-hydrogen) atoms. The second-order valence-electron chi connectivity index (χ2n) is 7.53. The van der Waals surface area contributed by atoms with Gasteiger partial charge in [0.15, 0.2) is 0 Å². The van der Waals surface area contributed by atoms with E-state index < -0.39 is 11.7 Å². The largest absolute Gasteiger partial charge is 0.416 e. The molecule has 0 radical (unpaired) electrons. The highest BCUT2D eigenvalue weighted by atomic mass is 19.4. The van der Waals surface area contributed by atoms with E-state index in [1.54, 1.807) is 54.9 Å². The average Bonchev–Trinajstić information content (AvgIpc) is 2.82. The summed E-state index contributed by atoms with van der Waals surface area (Å²) in [7, 11) is 0. The van der Waals surface area contributed by atoms with Crippen molar-refractivity contribution in [2.24, 2.45) is 0 Å². The number of fused-ring (bicyclic) bond motifs is 1. The van der Waals surface area contributed by atoms with Crippen molar-refractivity contribution >= 4 is 33.6 Å². The third-order valence-corrected chi connectivity index (χ3v) is 5.19. The van der Waals surface area contributed by atoms with Gasteiger partial charge in [0.1, 0.15) is 0 Å². The van der Waals surface area contributed by atoms with E-state index in [0.717, 1.165) is 28.5 Å². The van der Waals surface area contributed by atoms with Gasteiger partial charge in [-0.1, -0.05) is 48.6 Å². The Hall–Kier alpha value is -4.39. The molecule has 0 aliphatic heterocycles. The van der Waals surface area contributed by atoms with E-state index in [-0.39, 0.29) is 5.91 Å². The SMILES string of the molecule is Nc1ccc(/C(=C\C=C\C(=O)Nc2cccc3cnccc23)c2ccc(C(F)(F)F)cc2)cc1. The predicted molar refractivity (Wildman–Crippen MR) is 129 cm³/mol. The molecule has 0 fully saturated rings. The van der Waals surface area contributed by atoms with Crippen LogP contribution in [0.15, 0.2) is 103 Å². The third kappa shape index (κ3) is 5.32. The van der Waals surface area contributed by atoms with E-state index in [1.807, 2.05) is 18.2 Å². The van der Waals surface area contributed by atoms with Crippen LogP contribution in [0.5, 0.6) is 0 Å². The minimum Gasteiger partial charge on any atom is -0.399 e. The lowest BCUT2D eigenvalue weighted by molar-refractivity contribution is -0.137. The molecule has 1 amide bonds. The lowest BCUT2D eigenvalue weighted by atomic mass is 9.96. The summed E-state index contributed by atoms with van der Waals surface area (Å²) in [6.07, 6.45) is 3.55. The number of pyridine rings is 1. The molecule has 0 saturated carbocycles. The molecule has 1 aromatic heterocycles. The van der Waals surface area contributed by atoms with Crippen LogP contribution in [0.1, 0.15) is 16.7 Å². The minimum absolute atomic E-state index is 0.343. The molecule has 3 aromatic carbocycles. The van der Waals surface area contributed by atoms with Crippen LogP contribution in [0.2, 0.25) is 0 Å². The number of aromatic nitrogens is 1. The van der Waals surface area contributed by atoms with Crippen molar-refractivity contribution in [3.63, 3.8) is 0 Å². The van der Waals surface area contributed by atoms with Gasteiger partial charge in [0.05, 0.1) is 5.56 Å². The van der Waals surface area contributed by atoms with E-state index in [1.165, 1.54) is 18.2 Å². The van der Waals surface area contributed by atoms with Gasteiger partial charge in [-0.2, -0.15) is 13.2 Å². The van der Waals surface area contributed by atoms with Crippen LogP contribution >= 0.6 is 0 Å². The normalized spacial score (nSPS) is 12.3. The first-order chi connectivity index (χ1) is 16.3. The van der Waals surface area contributed by atoms with Crippen LogP contribution in [0, 0.1) is 0 Å². The first kappa shape index (κ1) is 22.8. The zero-order valence-corrected chi connectivity index (χ0v) is 17.9. The van der Waals surface area contributed by atoms with Crippen LogP contribution in [0.25, 0.3) is 16.3 Å². The second-order valence-corrected chi connectivity index (χ2v) is 7.53. The van der Waals surface area contributed by atoms with E-state index >= 15 is 0 Å². The number of nitrogens with two attached hydrogens (primary N) is 1. The topological polar surface area (TPSA) is 68.0 Å². The molecule has 4 aromatic rings. The predicted octanol–water partition coefficient (Wildman–Crippen LogP) is 6.46. The number of nitrogen functional groups attached to an aromatic ring is 1. The first-order valence-electron chi connectivity index (χ1n) is 10.4.